The first-order valence-electron chi connectivity index (χ1n) is 7.40. The third-order valence-corrected chi connectivity index (χ3v) is 3.77. The Kier molecular flexibility index (Phi) is 3.31. The molecular weight excluding hydrogens is 304 g/mol. The first-order chi connectivity index (χ1) is 11.7. The van der Waals surface area contributed by atoms with Crippen molar-refractivity contribution < 1.29 is 9.53 Å². The maximum Gasteiger partial charge on any atom is 0.344 e. The fraction of sp³-hybridized carbons (Fsp3) is 0. The highest BCUT2D eigenvalue weighted by atomic mass is 16.5. The maximum atomic E-state index is 12.6. The van der Waals surface area contributed by atoms with E-state index in [1.165, 1.54) is 6.07 Å². The summed E-state index contributed by atoms with van der Waals surface area (Å²) in [6.07, 6.45) is 1.64. The number of para-hydroxylation sites is 2. The molecule has 24 heavy (non-hydrogen) atoms. The van der Waals surface area contributed by atoms with Crippen molar-refractivity contribution in [3.05, 3.63) is 82.8 Å². The predicted octanol–water partition coefficient (Wildman–Crippen LogP) is 3.30. The lowest BCUT2D eigenvalue weighted by molar-refractivity contribution is 0.0738. The van der Waals surface area contributed by atoms with Crippen LogP contribution in [0.3, 0.4) is 0 Å². The van der Waals surface area contributed by atoms with Crippen molar-refractivity contribution in [3.8, 4) is 5.75 Å². The Hall–Kier alpha value is -3.47. The number of benzene rings is 2. The van der Waals surface area contributed by atoms with Crippen molar-refractivity contribution in [2.75, 3.05) is 0 Å². The van der Waals surface area contributed by atoms with E-state index in [9.17, 15) is 9.59 Å². The molecule has 1 N–H and O–H groups in total. The first kappa shape index (κ1) is 14.1. The molecule has 5 nitrogen and oxygen atoms in total. The first-order valence-corrected chi connectivity index (χ1v) is 7.40. The molecule has 4 aromatic rings. The van der Waals surface area contributed by atoms with Gasteiger partial charge in [0.05, 0.1) is 5.56 Å². The Balaban J connectivity index is 1.81. The summed E-state index contributed by atoms with van der Waals surface area (Å²) >= 11 is 0. The van der Waals surface area contributed by atoms with Gasteiger partial charge in [0, 0.05) is 28.6 Å². The van der Waals surface area contributed by atoms with Crippen LogP contribution < -0.4 is 10.3 Å². The molecule has 0 aliphatic rings. The van der Waals surface area contributed by atoms with Crippen molar-refractivity contribution in [3.63, 3.8) is 0 Å². The summed E-state index contributed by atoms with van der Waals surface area (Å²) in [6.45, 7) is 0. The van der Waals surface area contributed by atoms with Crippen molar-refractivity contribution in [1.82, 2.24) is 9.97 Å². The molecule has 0 bridgehead atoms. The number of carbonyl (C=O) groups excluding carboxylic acids is 1. The van der Waals surface area contributed by atoms with Gasteiger partial charge in [0.1, 0.15) is 5.52 Å². The number of H-pyrrole nitrogens is 1. The minimum Gasteiger partial charge on any atom is -0.421 e. The van der Waals surface area contributed by atoms with E-state index in [2.05, 4.69) is 9.97 Å². The highest BCUT2D eigenvalue weighted by Crippen LogP contribution is 2.24. The lowest BCUT2D eigenvalue weighted by Gasteiger charge is -2.08. The fourth-order valence-electron chi connectivity index (χ4n) is 2.69. The number of aromatic nitrogens is 2. The number of ether oxygens (including phenoxy) is 1. The van der Waals surface area contributed by atoms with Gasteiger partial charge in [0.15, 0.2) is 5.75 Å². The van der Waals surface area contributed by atoms with Crippen LogP contribution in [0.1, 0.15) is 10.4 Å². The van der Waals surface area contributed by atoms with Crippen molar-refractivity contribution in [2.45, 2.75) is 0 Å². The normalized spacial score (nSPS) is 10.8. The van der Waals surface area contributed by atoms with Crippen LogP contribution in [0.4, 0.5) is 0 Å². The lowest BCUT2D eigenvalue weighted by atomic mass is 10.1. The van der Waals surface area contributed by atoms with E-state index in [0.717, 1.165) is 5.39 Å². The van der Waals surface area contributed by atoms with Crippen LogP contribution in [0.25, 0.3) is 21.8 Å². The Morgan fingerprint density at radius 1 is 1.00 bits per heavy atom. The number of pyridine rings is 2. The quantitative estimate of drug-likeness (QED) is 0.455. The summed E-state index contributed by atoms with van der Waals surface area (Å²) in [5.41, 5.74) is 1.06. The summed E-state index contributed by atoms with van der Waals surface area (Å²) in [4.78, 5) is 31.4. The summed E-state index contributed by atoms with van der Waals surface area (Å²) in [7, 11) is 0. The van der Waals surface area contributed by atoms with Gasteiger partial charge in [-0.2, -0.15) is 0 Å². The highest BCUT2D eigenvalue weighted by Gasteiger charge is 2.15. The topological polar surface area (TPSA) is 72.0 Å². The van der Waals surface area contributed by atoms with Crippen molar-refractivity contribution in [2.24, 2.45) is 0 Å². The van der Waals surface area contributed by atoms with Gasteiger partial charge in [-0.25, -0.2) is 4.79 Å². The van der Waals surface area contributed by atoms with Crippen LogP contribution in [0.15, 0.2) is 71.7 Å². The third-order valence-electron chi connectivity index (χ3n) is 3.77. The number of fused-ring (bicyclic) bond motifs is 2. The van der Waals surface area contributed by atoms with E-state index in [1.54, 1.807) is 42.6 Å². The molecular formula is C19H12N2O3. The average Bonchev–Trinajstić information content (AvgIpc) is 2.61. The molecule has 0 saturated heterocycles. The third kappa shape index (κ3) is 2.42. The molecule has 0 spiro atoms. The highest BCUT2D eigenvalue weighted by molar-refractivity contribution is 6.04. The van der Waals surface area contributed by atoms with E-state index in [-0.39, 0.29) is 11.1 Å². The van der Waals surface area contributed by atoms with Crippen molar-refractivity contribution >= 4 is 27.8 Å². The number of carbonyl (C=O) groups is 1. The van der Waals surface area contributed by atoms with Gasteiger partial charge in [0.2, 0.25) is 5.56 Å². The zero-order valence-electron chi connectivity index (χ0n) is 12.5. The second kappa shape index (κ2) is 5.62. The number of rotatable bonds is 2. The summed E-state index contributed by atoms with van der Waals surface area (Å²) < 4.78 is 5.52. The van der Waals surface area contributed by atoms with Crippen LogP contribution in [-0.4, -0.2) is 15.9 Å². The number of nitrogens with one attached hydrogen (secondary N) is 1. The minimum absolute atomic E-state index is 0.224. The number of nitrogens with zero attached hydrogens (tertiary/aromatic N) is 1. The van der Waals surface area contributed by atoms with Gasteiger partial charge in [-0.05, 0) is 18.2 Å². The van der Waals surface area contributed by atoms with Crippen LogP contribution >= 0.6 is 0 Å². The second-order valence-corrected chi connectivity index (χ2v) is 5.31. The van der Waals surface area contributed by atoms with Gasteiger partial charge in [-0.15, -0.1) is 0 Å². The molecule has 4 rings (SSSR count). The Morgan fingerprint density at radius 2 is 1.83 bits per heavy atom. The zero-order valence-corrected chi connectivity index (χ0v) is 12.5. The SMILES string of the molecule is O=C(Oc1cccc2cccnc12)c1cc(=O)[nH]c2ccccc12. The molecule has 116 valence electrons. The molecule has 0 saturated carbocycles. The molecule has 0 unspecified atom stereocenters. The van der Waals surface area contributed by atoms with E-state index in [1.807, 2.05) is 18.2 Å². The zero-order chi connectivity index (χ0) is 16.5. The minimum atomic E-state index is -0.588. The average molecular weight is 316 g/mol. The van der Waals surface area contributed by atoms with E-state index >= 15 is 0 Å². The Labute approximate surface area is 136 Å². The largest absolute Gasteiger partial charge is 0.421 e. The Bertz CT molecular complexity index is 1130. The number of esters is 1. The number of aromatic amines is 1. The number of hydrogen-bond donors (Lipinski definition) is 1. The molecule has 0 aliphatic carbocycles. The summed E-state index contributed by atoms with van der Waals surface area (Å²) in [5, 5.41) is 1.51. The molecule has 0 fully saturated rings. The lowest BCUT2D eigenvalue weighted by Crippen LogP contribution is -2.15. The molecule has 2 aromatic carbocycles. The molecule has 0 radical (unpaired) electrons. The molecule has 5 heteroatoms. The van der Waals surface area contributed by atoms with Crippen LogP contribution in [0, 0.1) is 0 Å². The monoisotopic (exact) mass is 316 g/mol. The number of hydrogen-bond acceptors (Lipinski definition) is 4. The molecule has 0 aliphatic heterocycles. The van der Waals surface area contributed by atoms with Gasteiger partial charge < -0.3 is 9.72 Å². The van der Waals surface area contributed by atoms with E-state index in [4.69, 9.17) is 4.74 Å². The smallest absolute Gasteiger partial charge is 0.344 e. The maximum absolute atomic E-state index is 12.6. The van der Waals surface area contributed by atoms with Crippen LogP contribution in [0.2, 0.25) is 0 Å². The van der Waals surface area contributed by atoms with E-state index < -0.39 is 5.97 Å². The summed E-state index contributed by atoms with van der Waals surface area (Å²) in [6, 6.07) is 17.4. The van der Waals surface area contributed by atoms with E-state index in [0.29, 0.717) is 22.2 Å². The standard InChI is InChI=1S/C19H12N2O3/c22-17-11-14(13-7-1-2-8-15(13)21-17)19(23)24-16-9-3-5-12-6-4-10-20-18(12)16/h1-11H,(H,21,22). The van der Waals surface area contributed by atoms with Gasteiger partial charge in [-0.1, -0.05) is 36.4 Å². The molecule has 0 atom stereocenters. The molecule has 2 heterocycles. The fourth-order valence-corrected chi connectivity index (χ4v) is 2.69. The molecule has 2 aromatic heterocycles. The van der Waals surface area contributed by atoms with Crippen molar-refractivity contribution in [1.29, 1.82) is 0 Å². The van der Waals surface area contributed by atoms with Gasteiger partial charge in [0.25, 0.3) is 0 Å². The Morgan fingerprint density at radius 3 is 2.75 bits per heavy atom. The van der Waals surface area contributed by atoms with Crippen LogP contribution in [0.5, 0.6) is 5.75 Å². The molecule has 0 amide bonds. The van der Waals surface area contributed by atoms with Crippen LogP contribution in [-0.2, 0) is 0 Å². The van der Waals surface area contributed by atoms with Gasteiger partial charge in [-0.3, -0.25) is 9.78 Å². The summed E-state index contributed by atoms with van der Waals surface area (Å²) in [5.74, 6) is -0.224. The predicted molar refractivity (Wildman–Crippen MR) is 91.3 cm³/mol. The second-order valence-electron chi connectivity index (χ2n) is 5.31. The van der Waals surface area contributed by atoms with Gasteiger partial charge >= 0.3 is 5.97 Å².